The molecule has 90 valence electrons. The Hall–Kier alpha value is -0.640. The molecule has 0 saturated heterocycles. The monoisotopic (exact) mass is 291 g/mol. The van der Waals surface area contributed by atoms with Gasteiger partial charge in [-0.2, -0.15) is 0 Å². The van der Waals surface area contributed by atoms with Crippen molar-refractivity contribution in [3.8, 4) is 0 Å². The maximum absolute atomic E-state index is 13.4. The van der Waals surface area contributed by atoms with E-state index in [2.05, 4.69) is 35.1 Å². The minimum atomic E-state index is -0.573. The Kier molecular flexibility index (Phi) is 5.19. The Labute approximate surface area is 103 Å². The molecular weight excluding hydrogens is 276 g/mol. The van der Waals surface area contributed by atoms with Gasteiger partial charge >= 0.3 is 0 Å². The Morgan fingerprint density at radius 2 is 2.06 bits per heavy atom. The lowest BCUT2D eigenvalue weighted by molar-refractivity contribution is 0.545. The van der Waals surface area contributed by atoms with Crippen LogP contribution in [0.25, 0.3) is 0 Å². The summed E-state index contributed by atoms with van der Waals surface area (Å²) >= 11 is 3.14. The van der Waals surface area contributed by atoms with Gasteiger partial charge in [-0.3, -0.25) is 0 Å². The number of benzene rings is 1. The quantitative estimate of drug-likeness (QED) is 0.838. The summed E-state index contributed by atoms with van der Waals surface area (Å²) in [5, 5.41) is 3.00. The van der Waals surface area contributed by atoms with Gasteiger partial charge in [0.15, 0.2) is 0 Å². The van der Waals surface area contributed by atoms with E-state index in [1.807, 2.05) is 0 Å². The molecule has 1 atom stereocenters. The van der Waals surface area contributed by atoms with Gasteiger partial charge in [0.25, 0.3) is 0 Å². The van der Waals surface area contributed by atoms with Crippen LogP contribution in [0.5, 0.6) is 0 Å². The van der Waals surface area contributed by atoms with Gasteiger partial charge in [0.2, 0.25) is 0 Å². The van der Waals surface area contributed by atoms with Crippen molar-refractivity contribution in [2.24, 2.45) is 5.92 Å². The molecule has 0 aromatic heterocycles. The van der Waals surface area contributed by atoms with E-state index in [1.165, 1.54) is 6.07 Å². The third kappa shape index (κ3) is 3.74. The molecule has 0 aliphatic heterocycles. The fourth-order valence-corrected chi connectivity index (χ4v) is 2.13. The minimum absolute atomic E-state index is 0.337. The average molecular weight is 292 g/mol. The Bertz CT molecular complexity index is 332. The molecule has 0 fully saturated rings. The van der Waals surface area contributed by atoms with Crippen molar-refractivity contribution in [3.63, 3.8) is 0 Å². The summed E-state index contributed by atoms with van der Waals surface area (Å²) in [6, 6.07) is 2.15. The molecule has 0 heterocycles. The van der Waals surface area contributed by atoms with E-state index in [0.717, 1.165) is 18.9 Å². The van der Waals surface area contributed by atoms with Gasteiger partial charge in [-0.15, -0.1) is 0 Å². The normalized spacial score (nSPS) is 12.6. The third-order valence-electron chi connectivity index (χ3n) is 2.42. The molecular formula is C12H16BrF2N. The van der Waals surface area contributed by atoms with E-state index in [0.29, 0.717) is 22.6 Å². The molecule has 1 N–H and O–H groups in total. The van der Waals surface area contributed by atoms with E-state index < -0.39 is 11.6 Å². The van der Waals surface area contributed by atoms with E-state index in [4.69, 9.17) is 0 Å². The lowest BCUT2D eigenvalue weighted by Crippen LogP contribution is -2.12. The summed E-state index contributed by atoms with van der Waals surface area (Å²) in [7, 11) is 0. The van der Waals surface area contributed by atoms with Crippen LogP contribution in [-0.2, 0) is 0 Å². The maximum atomic E-state index is 13.4. The second-order valence-electron chi connectivity index (χ2n) is 4.02. The largest absolute Gasteiger partial charge is 0.381 e. The average Bonchev–Trinajstić information content (AvgIpc) is 2.16. The zero-order chi connectivity index (χ0) is 12.1. The first-order valence-corrected chi connectivity index (χ1v) is 6.22. The molecule has 0 radical (unpaired) electrons. The van der Waals surface area contributed by atoms with Crippen LogP contribution in [0.2, 0.25) is 0 Å². The first kappa shape index (κ1) is 13.4. The van der Waals surface area contributed by atoms with Crippen LogP contribution in [0.1, 0.15) is 26.7 Å². The number of hydrogen-bond acceptors (Lipinski definition) is 1. The van der Waals surface area contributed by atoms with Gasteiger partial charge in [-0.05, 0) is 34.3 Å². The molecule has 16 heavy (non-hydrogen) atoms. The smallest absolute Gasteiger partial charge is 0.150 e. The summed E-state index contributed by atoms with van der Waals surface area (Å²) in [6.45, 7) is 4.91. The van der Waals surface area contributed by atoms with E-state index in [-0.39, 0.29) is 0 Å². The number of halogens is 3. The molecule has 1 aromatic carbocycles. The van der Waals surface area contributed by atoms with Gasteiger partial charge < -0.3 is 5.32 Å². The molecule has 1 aromatic rings. The highest BCUT2D eigenvalue weighted by atomic mass is 79.9. The predicted octanol–water partition coefficient (Wildman–Crippen LogP) is 4.58. The number of hydrogen-bond donors (Lipinski definition) is 1. The van der Waals surface area contributed by atoms with Crippen molar-refractivity contribution < 1.29 is 8.78 Å². The molecule has 0 bridgehead atoms. The molecule has 4 heteroatoms. The number of anilines is 1. The second kappa shape index (κ2) is 6.18. The number of rotatable bonds is 5. The molecule has 0 aliphatic rings. The topological polar surface area (TPSA) is 12.0 Å². The number of nitrogens with one attached hydrogen (secondary N) is 1. The predicted molar refractivity (Wildman–Crippen MR) is 66.6 cm³/mol. The molecule has 0 saturated carbocycles. The minimum Gasteiger partial charge on any atom is -0.381 e. The summed E-state index contributed by atoms with van der Waals surface area (Å²) in [5.74, 6) is -0.659. The Morgan fingerprint density at radius 3 is 2.62 bits per heavy atom. The van der Waals surface area contributed by atoms with E-state index in [1.54, 1.807) is 0 Å². The van der Waals surface area contributed by atoms with Gasteiger partial charge in [-0.1, -0.05) is 20.3 Å². The summed E-state index contributed by atoms with van der Waals surface area (Å²) in [4.78, 5) is 0. The molecule has 0 aliphatic carbocycles. The first-order valence-electron chi connectivity index (χ1n) is 5.43. The van der Waals surface area contributed by atoms with Crippen LogP contribution in [0.15, 0.2) is 16.6 Å². The van der Waals surface area contributed by atoms with Crippen molar-refractivity contribution in [2.45, 2.75) is 26.7 Å². The van der Waals surface area contributed by atoms with Gasteiger partial charge in [0.05, 0.1) is 5.69 Å². The lowest BCUT2D eigenvalue weighted by Gasteiger charge is -2.14. The highest BCUT2D eigenvalue weighted by Gasteiger charge is 2.10. The van der Waals surface area contributed by atoms with Crippen LogP contribution in [0, 0.1) is 17.6 Å². The zero-order valence-corrected chi connectivity index (χ0v) is 11.1. The highest BCUT2D eigenvalue weighted by Crippen LogP contribution is 2.27. The van der Waals surface area contributed by atoms with Gasteiger partial charge in [-0.25, -0.2) is 8.78 Å². The van der Waals surface area contributed by atoms with Crippen molar-refractivity contribution >= 4 is 21.6 Å². The fraction of sp³-hybridized carbons (Fsp3) is 0.500. The van der Waals surface area contributed by atoms with Crippen LogP contribution < -0.4 is 5.32 Å². The molecule has 0 spiro atoms. The fourth-order valence-electron chi connectivity index (χ4n) is 1.58. The SMILES string of the molecule is CCCC(C)CNc1c(F)cc(F)cc1Br. The maximum Gasteiger partial charge on any atom is 0.150 e. The third-order valence-corrected chi connectivity index (χ3v) is 3.04. The summed E-state index contributed by atoms with van der Waals surface area (Å²) in [6.07, 6.45) is 2.20. The highest BCUT2D eigenvalue weighted by molar-refractivity contribution is 9.10. The van der Waals surface area contributed by atoms with Crippen LogP contribution in [-0.4, -0.2) is 6.54 Å². The second-order valence-corrected chi connectivity index (χ2v) is 4.87. The van der Waals surface area contributed by atoms with Crippen molar-refractivity contribution in [1.82, 2.24) is 0 Å². The van der Waals surface area contributed by atoms with Gasteiger partial charge in [0.1, 0.15) is 11.6 Å². The molecule has 0 amide bonds. The van der Waals surface area contributed by atoms with E-state index in [9.17, 15) is 8.78 Å². The van der Waals surface area contributed by atoms with Crippen molar-refractivity contribution in [1.29, 1.82) is 0 Å². The van der Waals surface area contributed by atoms with Crippen molar-refractivity contribution in [3.05, 3.63) is 28.2 Å². The summed E-state index contributed by atoms with van der Waals surface area (Å²) in [5.41, 5.74) is 0.337. The van der Waals surface area contributed by atoms with Crippen molar-refractivity contribution in [2.75, 3.05) is 11.9 Å². The lowest BCUT2D eigenvalue weighted by atomic mass is 10.1. The Morgan fingerprint density at radius 1 is 1.38 bits per heavy atom. The molecule has 1 rings (SSSR count). The van der Waals surface area contributed by atoms with Gasteiger partial charge in [0, 0.05) is 17.1 Å². The standard InChI is InChI=1S/C12H16BrF2N/c1-3-4-8(2)7-16-12-10(13)5-9(14)6-11(12)15/h5-6,8,16H,3-4,7H2,1-2H3. The van der Waals surface area contributed by atoms with Crippen LogP contribution >= 0.6 is 15.9 Å². The van der Waals surface area contributed by atoms with Crippen LogP contribution in [0.4, 0.5) is 14.5 Å². The molecule has 1 nitrogen and oxygen atoms in total. The summed E-state index contributed by atoms with van der Waals surface area (Å²) < 4.78 is 26.7. The van der Waals surface area contributed by atoms with E-state index >= 15 is 0 Å². The Balaban J connectivity index is 2.67. The van der Waals surface area contributed by atoms with Crippen LogP contribution in [0.3, 0.4) is 0 Å². The zero-order valence-electron chi connectivity index (χ0n) is 9.49. The first-order chi connectivity index (χ1) is 7.54. The molecule has 1 unspecified atom stereocenters.